The Hall–Kier alpha value is -1.34. The zero-order valence-electron chi connectivity index (χ0n) is 10.3. The van der Waals surface area contributed by atoms with Gasteiger partial charge in [-0.05, 0) is 30.5 Å². The van der Waals surface area contributed by atoms with Crippen molar-refractivity contribution in [2.45, 2.75) is 30.6 Å². The molecule has 1 fully saturated rings. The summed E-state index contributed by atoms with van der Waals surface area (Å²) < 4.78 is 40.5. The maximum atomic E-state index is 13.5. The molecule has 1 saturated carbocycles. The van der Waals surface area contributed by atoms with Crippen molar-refractivity contribution in [2.75, 3.05) is 6.54 Å². The molecule has 1 N–H and O–H groups in total. The Morgan fingerprint density at radius 2 is 1.85 bits per heavy atom. The molecule has 1 aromatic carbocycles. The number of hydrogen-bond donors (Lipinski definition) is 1. The molecular weight excluding hydrogens is 297 g/mol. The molecule has 0 amide bonds. The Morgan fingerprint density at radius 1 is 1.30 bits per heavy atom. The molecule has 0 radical (unpaired) electrons. The van der Waals surface area contributed by atoms with Gasteiger partial charge in [0, 0.05) is 16.0 Å². The lowest BCUT2D eigenvalue weighted by Gasteiger charge is -2.34. The monoisotopic (exact) mass is 308 g/mol. The first-order valence-electron chi connectivity index (χ1n) is 5.97. The van der Waals surface area contributed by atoms with Crippen molar-refractivity contribution in [1.29, 1.82) is 0 Å². The molecule has 1 aliphatic rings. The summed E-state index contributed by atoms with van der Waals surface area (Å²) in [5, 5.41) is 13.4. The molecule has 1 aliphatic carbocycles. The maximum Gasteiger partial charge on any atom is 0.417 e. The average molecular weight is 309 g/mol. The van der Waals surface area contributed by atoms with Gasteiger partial charge in [0.2, 0.25) is 12.1 Å². The SMILES string of the molecule is O=[N+]([O-])C[C@](NC1CC1)(c1ccc(Cl)cc1)C(F)(F)F. The van der Waals surface area contributed by atoms with Gasteiger partial charge in [-0.3, -0.25) is 15.4 Å². The van der Waals surface area contributed by atoms with Crippen molar-refractivity contribution in [3.05, 3.63) is 45.0 Å². The van der Waals surface area contributed by atoms with Gasteiger partial charge in [-0.25, -0.2) is 0 Å². The third-order valence-corrected chi connectivity index (χ3v) is 3.47. The lowest BCUT2D eigenvalue weighted by Crippen LogP contribution is -2.59. The first-order valence-corrected chi connectivity index (χ1v) is 6.35. The average Bonchev–Trinajstić information content (AvgIpc) is 3.10. The molecule has 1 aromatic rings. The fraction of sp³-hybridized carbons (Fsp3) is 0.500. The van der Waals surface area contributed by atoms with Crippen LogP contribution in [-0.4, -0.2) is 23.7 Å². The van der Waals surface area contributed by atoms with Gasteiger partial charge >= 0.3 is 6.18 Å². The van der Waals surface area contributed by atoms with Crippen molar-refractivity contribution >= 4 is 11.6 Å². The van der Waals surface area contributed by atoms with E-state index in [4.69, 9.17) is 11.6 Å². The number of nitrogens with zero attached hydrogens (tertiary/aromatic N) is 1. The molecule has 110 valence electrons. The van der Waals surface area contributed by atoms with Crippen molar-refractivity contribution in [2.24, 2.45) is 0 Å². The summed E-state index contributed by atoms with van der Waals surface area (Å²) in [5.74, 6) is 0. The molecule has 8 heteroatoms. The van der Waals surface area contributed by atoms with Crippen molar-refractivity contribution in [3.63, 3.8) is 0 Å². The van der Waals surface area contributed by atoms with Gasteiger partial charge in [-0.15, -0.1) is 0 Å². The molecule has 0 unspecified atom stereocenters. The van der Waals surface area contributed by atoms with Crippen molar-refractivity contribution in [1.82, 2.24) is 5.32 Å². The van der Waals surface area contributed by atoms with E-state index in [0.29, 0.717) is 12.8 Å². The predicted octanol–water partition coefficient (Wildman–Crippen LogP) is 3.13. The normalized spacial score (nSPS) is 18.6. The van der Waals surface area contributed by atoms with Gasteiger partial charge in [0.25, 0.3) is 0 Å². The van der Waals surface area contributed by atoms with Crippen LogP contribution in [0.25, 0.3) is 0 Å². The van der Waals surface area contributed by atoms with E-state index < -0.39 is 23.2 Å². The first-order chi connectivity index (χ1) is 9.24. The van der Waals surface area contributed by atoms with Crippen LogP contribution in [0, 0.1) is 10.1 Å². The van der Waals surface area contributed by atoms with E-state index in [9.17, 15) is 23.3 Å². The Bertz CT molecular complexity index is 502. The smallest absolute Gasteiger partial charge is 0.292 e. The molecule has 0 aromatic heterocycles. The highest BCUT2D eigenvalue weighted by Gasteiger charge is 2.61. The van der Waals surface area contributed by atoms with Crippen LogP contribution in [0.4, 0.5) is 13.2 Å². The molecule has 2 rings (SSSR count). The highest BCUT2D eigenvalue weighted by molar-refractivity contribution is 6.30. The third kappa shape index (κ3) is 3.04. The summed E-state index contributed by atoms with van der Waals surface area (Å²) in [6, 6.07) is 4.61. The number of rotatable bonds is 5. The minimum Gasteiger partial charge on any atom is -0.292 e. The molecule has 0 spiro atoms. The van der Waals surface area contributed by atoms with E-state index >= 15 is 0 Å². The molecule has 20 heavy (non-hydrogen) atoms. The van der Waals surface area contributed by atoms with Crippen LogP contribution in [0.15, 0.2) is 24.3 Å². The predicted molar refractivity (Wildman–Crippen MR) is 67.2 cm³/mol. The Kier molecular flexibility index (Phi) is 3.93. The second-order valence-electron chi connectivity index (χ2n) is 4.82. The fourth-order valence-corrected chi connectivity index (χ4v) is 2.19. The van der Waals surface area contributed by atoms with Crippen LogP contribution in [0.3, 0.4) is 0 Å². The molecule has 1 atom stereocenters. The number of nitro groups is 1. The Labute approximate surface area is 118 Å². The number of halogens is 4. The van der Waals surface area contributed by atoms with Crippen LogP contribution in [0.5, 0.6) is 0 Å². The summed E-state index contributed by atoms with van der Waals surface area (Å²) in [6.45, 7) is -1.26. The second kappa shape index (κ2) is 5.21. The van der Waals surface area contributed by atoms with Gasteiger partial charge < -0.3 is 0 Å². The lowest BCUT2D eigenvalue weighted by atomic mass is 9.88. The van der Waals surface area contributed by atoms with E-state index in [1.54, 1.807) is 0 Å². The third-order valence-electron chi connectivity index (χ3n) is 3.22. The zero-order valence-corrected chi connectivity index (χ0v) is 11.0. The number of hydrogen-bond acceptors (Lipinski definition) is 3. The van der Waals surface area contributed by atoms with Crippen LogP contribution in [0.2, 0.25) is 5.02 Å². The first kappa shape index (κ1) is 15.1. The fourth-order valence-electron chi connectivity index (χ4n) is 2.06. The molecule has 0 saturated heterocycles. The highest BCUT2D eigenvalue weighted by Crippen LogP contribution is 2.42. The van der Waals surface area contributed by atoms with Gasteiger partial charge in [0.1, 0.15) is 0 Å². The van der Waals surface area contributed by atoms with Gasteiger partial charge in [0.15, 0.2) is 0 Å². The standard InChI is InChI=1S/C12H12ClF3N2O2/c13-9-3-1-8(2-4-9)11(7-18(19)20,12(14,15)16)17-10-5-6-10/h1-4,10,17H,5-7H2/t11-/m0/s1. The minimum absolute atomic E-state index is 0.196. The summed E-state index contributed by atoms with van der Waals surface area (Å²) in [5.41, 5.74) is -2.87. The highest BCUT2D eigenvalue weighted by atomic mass is 35.5. The zero-order chi connectivity index (χ0) is 15.0. The molecular formula is C12H12ClF3N2O2. The van der Waals surface area contributed by atoms with Crippen LogP contribution in [-0.2, 0) is 5.54 Å². The summed E-state index contributed by atoms with van der Waals surface area (Å²) in [4.78, 5) is 9.80. The second-order valence-corrected chi connectivity index (χ2v) is 5.26. The van der Waals surface area contributed by atoms with E-state index in [0.717, 1.165) is 0 Å². The number of alkyl halides is 3. The summed E-state index contributed by atoms with van der Waals surface area (Å²) in [7, 11) is 0. The van der Waals surface area contributed by atoms with E-state index in [-0.39, 0.29) is 16.6 Å². The topological polar surface area (TPSA) is 55.2 Å². The number of nitrogens with one attached hydrogen (secondary N) is 1. The van der Waals surface area contributed by atoms with E-state index in [1.807, 2.05) is 0 Å². The van der Waals surface area contributed by atoms with Crippen LogP contribution in [0.1, 0.15) is 18.4 Å². The quantitative estimate of drug-likeness (QED) is 0.671. The minimum atomic E-state index is -4.78. The molecule has 0 bridgehead atoms. The largest absolute Gasteiger partial charge is 0.417 e. The summed E-state index contributed by atoms with van der Waals surface area (Å²) >= 11 is 5.66. The number of benzene rings is 1. The summed E-state index contributed by atoms with van der Waals surface area (Å²) in [6.07, 6.45) is -3.61. The van der Waals surface area contributed by atoms with E-state index in [2.05, 4.69) is 5.32 Å². The van der Waals surface area contributed by atoms with Gasteiger partial charge in [-0.2, -0.15) is 13.2 Å². The van der Waals surface area contributed by atoms with E-state index in [1.165, 1.54) is 24.3 Å². The van der Waals surface area contributed by atoms with Crippen molar-refractivity contribution < 1.29 is 18.1 Å². The van der Waals surface area contributed by atoms with Gasteiger partial charge in [0.05, 0.1) is 0 Å². The molecule has 0 aliphatic heterocycles. The van der Waals surface area contributed by atoms with Gasteiger partial charge in [-0.1, -0.05) is 23.7 Å². The Morgan fingerprint density at radius 3 is 2.25 bits per heavy atom. The maximum absolute atomic E-state index is 13.5. The van der Waals surface area contributed by atoms with Crippen molar-refractivity contribution in [3.8, 4) is 0 Å². The molecule has 4 nitrogen and oxygen atoms in total. The lowest BCUT2D eigenvalue weighted by molar-refractivity contribution is -0.504. The molecule has 0 heterocycles. The van der Waals surface area contributed by atoms with Crippen LogP contribution < -0.4 is 5.32 Å². The Balaban J connectivity index is 2.48. The van der Waals surface area contributed by atoms with Crippen LogP contribution >= 0.6 is 11.6 Å².